The Morgan fingerprint density at radius 2 is 1.57 bits per heavy atom. The number of nitrogens with one attached hydrogen (secondary N) is 1. The van der Waals surface area contributed by atoms with Crippen molar-refractivity contribution in [3.05, 3.63) is 47.0 Å². The monoisotopic (exact) mass is 460 g/mol. The molecule has 2 aromatic carbocycles. The Bertz CT molecular complexity index is 1340. The second-order valence-electron chi connectivity index (χ2n) is 6.58. The van der Waals surface area contributed by atoms with Gasteiger partial charge in [-0.15, -0.1) is 11.3 Å². The first-order valence-corrected chi connectivity index (χ1v) is 12.5. The normalized spacial score (nSPS) is 12.1. The molecule has 0 aliphatic heterocycles. The highest BCUT2D eigenvalue weighted by Gasteiger charge is 2.22. The molecule has 10 heteroatoms. The Kier molecular flexibility index (Phi) is 5.58. The molecule has 0 unspecified atom stereocenters. The molecular formula is C20H20N4O3S3. The lowest BCUT2D eigenvalue weighted by molar-refractivity contribution is 0.102. The van der Waals surface area contributed by atoms with Crippen LogP contribution in [0.5, 0.6) is 0 Å². The van der Waals surface area contributed by atoms with Crippen LogP contribution < -0.4 is 5.32 Å². The molecule has 0 aliphatic carbocycles. The number of aryl methyl sites for hydroxylation is 1. The van der Waals surface area contributed by atoms with E-state index in [0.717, 1.165) is 25.4 Å². The van der Waals surface area contributed by atoms with Crippen LogP contribution in [-0.4, -0.2) is 41.7 Å². The average Bonchev–Trinajstić information content (AvgIpc) is 3.30. The fourth-order valence-corrected chi connectivity index (χ4v) is 6.66. The molecule has 0 bridgehead atoms. The van der Waals surface area contributed by atoms with Crippen LogP contribution >= 0.6 is 22.7 Å². The van der Waals surface area contributed by atoms with Crippen molar-refractivity contribution in [2.45, 2.75) is 25.7 Å². The van der Waals surface area contributed by atoms with Crippen molar-refractivity contribution in [3.63, 3.8) is 0 Å². The van der Waals surface area contributed by atoms with Gasteiger partial charge in [0.15, 0.2) is 5.13 Å². The van der Waals surface area contributed by atoms with Crippen LogP contribution in [-0.2, 0) is 10.0 Å². The molecule has 7 nitrogen and oxygen atoms in total. The van der Waals surface area contributed by atoms with Gasteiger partial charge in [-0.05, 0) is 43.3 Å². The van der Waals surface area contributed by atoms with Gasteiger partial charge in [0.2, 0.25) is 10.0 Å². The summed E-state index contributed by atoms with van der Waals surface area (Å²) in [7, 11) is -3.55. The van der Waals surface area contributed by atoms with Crippen molar-refractivity contribution in [3.8, 4) is 0 Å². The number of hydrogen-bond acceptors (Lipinski definition) is 7. The molecule has 0 spiro atoms. The molecule has 0 fully saturated rings. The molecule has 2 aromatic heterocycles. The van der Waals surface area contributed by atoms with E-state index >= 15 is 0 Å². The van der Waals surface area contributed by atoms with Crippen molar-refractivity contribution >= 4 is 64.2 Å². The van der Waals surface area contributed by atoms with Crippen LogP contribution in [0.25, 0.3) is 20.4 Å². The molecule has 0 atom stereocenters. The van der Waals surface area contributed by atoms with E-state index in [1.807, 2.05) is 19.1 Å². The zero-order valence-corrected chi connectivity index (χ0v) is 19.1. The molecular weight excluding hydrogens is 440 g/mol. The fourth-order valence-electron chi connectivity index (χ4n) is 3.20. The fraction of sp³-hybridized carbons (Fsp3) is 0.250. The summed E-state index contributed by atoms with van der Waals surface area (Å²) >= 11 is 3.01. The van der Waals surface area contributed by atoms with E-state index < -0.39 is 10.0 Å². The number of benzene rings is 2. The summed E-state index contributed by atoms with van der Waals surface area (Å²) < 4.78 is 28.6. The highest BCUT2D eigenvalue weighted by molar-refractivity contribution is 7.89. The molecule has 0 saturated carbocycles. The Morgan fingerprint density at radius 1 is 0.967 bits per heavy atom. The second-order valence-corrected chi connectivity index (χ2v) is 10.7. The first kappa shape index (κ1) is 20.9. The van der Waals surface area contributed by atoms with E-state index in [1.54, 1.807) is 25.2 Å². The van der Waals surface area contributed by atoms with Gasteiger partial charge < -0.3 is 0 Å². The van der Waals surface area contributed by atoms with Crippen molar-refractivity contribution in [2.24, 2.45) is 0 Å². The van der Waals surface area contributed by atoms with Gasteiger partial charge in [0.05, 0.1) is 30.3 Å². The van der Waals surface area contributed by atoms with Gasteiger partial charge in [-0.25, -0.2) is 18.4 Å². The summed E-state index contributed by atoms with van der Waals surface area (Å²) in [6.45, 7) is 6.34. The standard InChI is InChI=1S/C20H20N4O3S3/c1-4-24(5-2)30(26,27)14-8-6-13(7-9-14)19(25)23-20-22-16-11-10-15-17(18(16)29-20)28-12(3)21-15/h6-11H,4-5H2,1-3H3,(H,22,23,25). The van der Waals surface area contributed by atoms with Crippen molar-refractivity contribution in [1.82, 2.24) is 14.3 Å². The van der Waals surface area contributed by atoms with Gasteiger partial charge in [-0.1, -0.05) is 25.2 Å². The van der Waals surface area contributed by atoms with E-state index in [0.29, 0.717) is 23.8 Å². The van der Waals surface area contributed by atoms with Crippen LogP contribution in [0.3, 0.4) is 0 Å². The SMILES string of the molecule is CCN(CC)S(=O)(=O)c1ccc(C(=O)Nc2nc3ccc4nc(C)sc4c3s2)cc1. The number of carbonyl (C=O) groups is 1. The van der Waals surface area contributed by atoms with Gasteiger partial charge >= 0.3 is 0 Å². The highest BCUT2D eigenvalue weighted by atomic mass is 32.2. The number of amides is 1. The lowest BCUT2D eigenvalue weighted by Crippen LogP contribution is -2.30. The largest absolute Gasteiger partial charge is 0.298 e. The molecule has 0 radical (unpaired) electrons. The van der Waals surface area contributed by atoms with Crippen LogP contribution in [0.2, 0.25) is 0 Å². The Morgan fingerprint density at radius 3 is 2.20 bits per heavy atom. The summed E-state index contributed by atoms with van der Waals surface area (Å²) in [5.41, 5.74) is 2.11. The molecule has 4 rings (SSSR count). The summed E-state index contributed by atoms with van der Waals surface area (Å²) in [5.74, 6) is -0.336. The molecule has 156 valence electrons. The minimum Gasteiger partial charge on any atom is -0.298 e. The Labute approximate surface area is 182 Å². The van der Waals surface area contributed by atoms with Crippen LogP contribution in [0.1, 0.15) is 29.2 Å². The molecule has 2 heterocycles. The number of carbonyl (C=O) groups excluding carboxylic acids is 1. The first-order chi connectivity index (χ1) is 14.3. The van der Waals surface area contributed by atoms with Crippen molar-refractivity contribution < 1.29 is 13.2 Å². The molecule has 4 aromatic rings. The smallest absolute Gasteiger partial charge is 0.257 e. The quantitative estimate of drug-likeness (QED) is 0.457. The zero-order valence-electron chi connectivity index (χ0n) is 16.7. The number of hydrogen-bond donors (Lipinski definition) is 1. The van der Waals surface area contributed by atoms with E-state index in [4.69, 9.17) is 0 Å². The molecule has 0 saturated heterocycles. The minimum atomic E-state index is -3.55. The number of nitrogens with zero attached hydrogens (tertiary/aromatic N) is 3. The first-order valence-electron chi connectivity index (χ1n) is 9.41. The zero-order chi connectivity index (χ0) is 21.5. The molecule has 1 amide bonds. The highest BCUT2D eigenvalue weighted by Crippen LogP contribution is 2.35. The molecule has 1 N–H and O–H groups in total. The third kappa shape index (κ3) is 3.71. The lowest BCUT2D eigenvalue weighted by atomic mass is 10.2. The third-order valence-electron chi connectivity index (χ3n) is 4.70. The molecule has 0 aliphatic rings. The van der Waals surface area contributed by atoms with Gasteiger partial charge in [-0.2, -0.15) is 4.31 Å². The number of thiazole rings is 2. The Balaban J connectivity index is 1.57. The number of aromatic nitrogens is 2. The van der Waals surface area contributed by atoms with E-state index in [1.165, 1.54) is 39.9 Å². The third-order valence-corrected chi connectivity index (χ3v) is 8.90. The maximum Gasteiger partial charge on any atom is 0.257 e. The van der Waals surface area contributed by atoms with Crippen molar-refractivity contribution in [2.75, 3.05) is 18.4 Å². The second kappa shape index (κ2) is 8.03. The summed E-state index contributed by atoms with van der Waals surface area (Å²) in [4.78, 5) is 21.8. The summed E-state index contributed by atoms with van der Waals surface area (Å²) in [5, 5.41) is 4.29. The summed E-state index contributed by atoms with van der Waals surface area (Å²) in [6.07, 6.45) is 0. The Hall–Kier alpha value is -2.40. The topological polar surface area (TPSA) is 92.3 Å². The van der Waals surface area contributed by atoms with Gasteiger partial charge in [0, 0.05) is 18.7 Å². The predicted octanol–water partition coefficient (Wildman–Crippen LogP) is 4.50. The lowest BCUT2D eigenvalue weighted by Gasteiger charge is -2.18. The molecule has 30 heavy (non-hydrogen) atoms. The number of rotatable bonds is 6. The van der Waals surface area contributed by atoms with Crippen LogP contribution in [0.15, 0.2) is 41.3 Å². The predicted molar refractivity (Wildman–Crippen MR) is 122 cm³/mol. The maximum absolute atomic E-state index is 12.7. The van der Waals surface area contributed by atoms with Gasteiger partial charge in [-0.3, -0.25) is 10.1 Å². The van der Waals surface area contributed by atoms with E-state index in [-0.39, 0.29) is 10.8 Å². The van der Waals surface area contributed by atoms with Crippen LogP contribution in [0, 0.1) is 6.92 Å². The number of sulfonamides is 1. The van der Waals surface area contributed by atoms with Crippen molar-refractivity contribution in [1.29, 1.82) is 0 Å². The van der Waals surface area contributed by atoms with Crippen LogP contribution in [0.4, 0.5) is 5.13 Å². The maximum atomic E-state index is 12.7. The van der Waals surface area contributed by atoms with Gasteiger partial charge in [0.25, 0.3) is 5.91 Å². The average molecular weight is 461 g/mol. The number of anilines is 1. The minimum absolute atomic E-state index is 0.172. The van der Waals surface area contributed by atoms with E-state index in [9.17, 15) is 13.2 Å². The van der Waals surface area contributed by atoms with E-state index in [2.05, 4.69) is 15.3 Å². The summed E-state index contributed by atoms with van der Waals surface area (Å²) in [6, 6.07) is 9.79. The number of fused-ring (bicyclic) bond motifs is 3. The van der Waals surface area contributed by atoms with Gasteiger partial charge in [0.1, 0.15) is 0 Å².